The molecule has 0 spiro atoms. The van der Waals surface area contributed by atoms with Crippen LogP contribution in [-0.2, 0) is 0 Å². The summed E-state index contributed by atoms with van der Waals surface area (Å²) in [5.74, 6) is 1.50. The Kier molecular flexibility index (Phi) is 3.63. The van der Waals surface area contributed by atoms with Gasteiger partial charge >= 0.3 is 0 Å². The van der Waals surface area contributed by atoms with Crippen LogP contribution in [0.15, 0.2) is 48.7 Å². The zero-order chi connectivity index (χ0) is 14.7. The number of thiophene rings is 1. The maximum Gasteiger partial charge on any atom is 0.132 e. The van der Waals surface area contributed by atoms with Crippen LogP contribution in [0.4, 0.5) is 11.6 Å². The van der Waals surface area contributed by atoms with Crippen LogP contribution in [0.2, 0.25) is 0 Å². The lowest BCUT2D eigenvalue weighted by Crippen LogP contribution is -1.96. The van der Waals surface area contributed by atoms with Crippen molar-refractivity contribution in [2.24, 2.45) is 0 Å². The van der Waals surface area contributed by atoms with Gasteiger partial charge in [-0.3, -0.25) is 0 Å². The van der Waals surface area contributed by atoms with Crippen LogP contribution in [0.3, 0.4) is 0 Å². The van der Waals surface area contributed by atoms with Gasteiger partial charge in [-0.15, -0.1) is 11.3 Å². The number of hydrogen-bond donors (Lipinski definition) is 1. The fourth-order valence-corrected chi connectivity index (χ4v) is 2.69. The van der Waals surface area contributed by atoms with Gasteiger partial charge in [-0.25, -0.2) is 9.97 Å². The molecule has 0 saturated carbocycles. The molecule has 0 aromatic carbocycles. The van der Waals surface area contributed by atoms with Crippen LogP contribution in [-0.4, -0.2) is 9.97 Å². The molecule has 0 aliphatic carbocycles. The molecule has 0 amide bonds. The number of anilines is 2. The van der Waals surface area contributed by atoms with Crippen molar-refractivity contribution in [1.29, 1.82) is 5.26 Å². The molecule has 3 heterocycles. The van der Waals surface area contributed by atoms with Crippen molar-refractivity contribution in [2.45, 2.75) is 6.92 Å². The number of aryl methyl sites for hydroxylation is 1. The average Bonchev–Trinajstić information content (AvgIpc) is 2.96. The Morgan fingerprint density at radius 1 is 1.14 bits per heavy atom. The van der Waals surface area contributed by atoms with Gasteiger partial charge in [0.05, 0.1) is 10.6 Å². The lowest BCUT2D eigenvalue weighted by molar-refractivity contribution is 1.24. The van der Waals surface area contributed by atoms with Gasteiger partial charge in [0.25, 0.3) is 0 Å². The first kappa shape index (κ1) is 13.3. The summed E-state index contributed by atoms with van der Waals surface area (Å²) >= 11 is 1.44. The zero-order valence-corrected chi connectivity index (χ0v) is 12.2. The third-order valence-corrected chi connectivity index (χ3v) is 3.90. The molecule has 4 nitrogen and oxygen atoms in total. The third-order valence-electron chi connectivity index (χ3n) is 2.89. The number of nitriles is 1. The van der Waals surface area contributed by atoms with E-state index in [1.54, 1.807) is 6.20 Å². The average molecular weight is 292 g/mol. The molecule has 0 aliphatic rings. The van der Waals surface area contributed by atoms with E-state index in [4.69, 9.17) is 5.26 Å². The monoisotopic (exact) mass is 292 g/mol. The van der Waals surface area contributed by atoms with Gasteiger partial charge in [0.1, 0.15) is 22.6 Å². The van der Waals surface area contributed by atoms with E-state index in [0.717, 1.165) is 27.8 Å². The van der Waals surface area contributed by atoms with Crippen LogP contribution in [0, 0.1) is 18.3 Å². The molecule has 3 aromatic heterocycles. The molecule has 1 N–H and O–H groups in total. The maximum absolute atomic E-state index is 8.89. The zero-order valence-electron chi connectivity index (χ0n) is 11.4. The van der Waals surface area contributed by atoms with E-state index >= 15 is 0 Å². The molecule has 0 unspecified atom stereocenters. The van der Waals surface area contributed by atoms with Gasteiger partial charge in [-0.05, 0) is 48.9 Å². The van der Waals surface area contributed by atoms with Crippen LogP contribution in [0.25, 0.3) is 10.6 Å². The Bertz CT molecular complexity index is 817. The first-order chi connectivity index (χ1) is 10.2. The summed E-state index contributed by atoms with van der Waals surface area (Å²) in [5.41, 5.74) is 1.99. The molecule has 0 aliphatic heterocycles. The number of aromatic nitrogens is 2. The standard InChI is InChI=1S/C16H12N4S/c1-11-7-8-18-16(9-11)20-15-4-2-3-13(19-15)14-6-5-12(10-17)21-14/h2-9H,1H3,(H,18,19,20). The van der Waals surface area contributed by atoms with Crippen molar-refractivity contribution in [3.63, 3.8) is 0 Å². The second-order valence-electron chi connectivity index (χ2n) is 4.53. The first-order valence-corrected chi connectivity index (χ1v) is 7.23. The lowest BCUT2D eigenvalue weighted by atomic mass is 10.3. The highest BCUT2D eigenvalue weighted by Gasteiger charge is 2.05. The smallest absolute Gasteiger partial charge is 0.132 e. The van der Waals surface area contributed by atoms with Gasteiger partial charge in [0, 0.05) is 6.20 Å². The topological polar surface area (TPSA) is 61.6 Å². The van der Waals surface area contributed by atoms with E-state index in [2.05, 4.69) is 21.4 Å². The third kappa shape index (κ3) is 3.07. The van der Waals surface area contributed by atoms with Crippen molar-refractivity contribution in [3.8, 4) is 16.6 Å². The van der Waals surface area contributed by atoms with Crippen LogP contribution >= 0.6 is 11.3 Å². The highest BCUT2D eigenvalue weighted by molar-refractivity contribution is 7.15. The molecule has 3 rings (SSSR count). The summed E-state index contributed by atoms with van der Waals surface area (Å²) in [4.78, 5) is 10.5. The summed E-state index contributed by atoms with van der Waals surface area (Å²) in [6.07, 6.45) is 1.76. The van der Waals surface area contributed by atoms with E-state index in [0.29, 0.717) is 4.88 Å². The van der Waals surface area contributed by atoms with Gasteiger partial charge in [0.2, 0.25) is 0 Å². The first-order valence-electron chi connectivity index (χ1n) is 6.41. The van der Waals surface area contributed by atoms with E-state index < -0.39 is 0 Å². The predicted molar refractivity (Wildman–Crippen MR) is 84.5 cm³/mol. The predicted octanol–water partition coefficient (Wildman–Crippen LogP) is 4.13. The molecule has 3 aromatic rings. The molecule has 0 atom stereocenters. The summed E-state index contributed by atoms with van der Waals surface area (Å²) in [6, 6.07) is 15.5. The molecule has 21 heavy (non-hydrogen) atoms. The van der Waals surface area contributed by atoms with Gasteiger partial charge in [-0.1, -0.05) is 6.07 Å². The summed E-state index contributed by atoms with van der Waals surface area (Å²) in [6.45, 7) is 2.02. The van der Waals surface area contributed by atoms with Crippen LogP contribution in [0.5, 0.6) is 0 Å². The maximum atomic E-state index is 8.89. The molecule has 102 valence electrons. The molecule has 0 saturated heterocycles. The summed E-state index contributed by atoms with van der Waals surface area (Å²) < 4.78 is 0. The minimum absolute atomic E-state index is 0.686. The Balaban J connectivity index is 1.88. The number of rotatable bonds is 3. The minimum Gasteiger partial charge on any atom is -0.325 e. The highest BCUT2D eigenvalue weighted by Crippen LogP contribution is 2.27. The van der Waals surface area contributed by atoms with Crippen LogP contribution in [0.1, 0.15) is 10.4 Å². The van der Waals surface area contributed by atoms with Crippen molar-refractivity contribution < 1.29 is 0 Å². The van der Waals surface area contributed by atoms with E-state index in [9.17, 15) is 0 Å². The van der Waals surface area contributed by atoms with Gasteiger partial charge in [-0.2, -0.15) is 5.26 Å². The van der Waals surface area contributed by atoms with Gasteiger partial charge < -0.3 is 5.32 Å². The fourth-order valence-electron chi connectivity index (χ4n) is 1.91. The number of hydrogen-bond acceptors (Lipinski definition) is 5. The van der Waals surface area contributed by atoms with Crippen molar-refractivity contribution in [3.05, 3.63) is 59.1 Å². The fraction of sp³-hybridized carbons (Fsp3) is 0.0625. The Morgan fingerprint density at radius 3 is 2.81 bits per heavy atom. The van der Waals surface area contributed by atoms with E-state index in [1.165, 1.54) is 11.3 Å². The quantitative estimate of drug-likeness (QED) is 0.788. The molecular formula is C16H12N4S. The SMILES string of the molecule is Cc1ccnc(Nc2cccc(-c3ccc(C#N)s3)n2)c1. The van der Waals surface area contributed by atoms with Crippen LogP contribution < -0.4 is 5.32 Å². The Labute approximate surface area is 126 Å². The number of pyridine rings is 2. The van der Waals surface area contributed by atoms with Crippen molar-refractivity contribution >= 4 is 23.0 Å². The summed E-state index contributed by atoms with van der Waals surface area (Å²) in [7, 11) is 0. The largest absolute Gasteiger partial charge is 0.325 e. The number of nitrogens with one attached hydrogen (secondary N) is 1. The Hall–Kier alpha value is -2.71. The lowest BCUT2D eigenvalue weighted by Gasteiger charge is -2.06. The van der Waals surface area contributed by atoms with Gasteiger partial charge in [0.15, 0.2) is 0 Å². The molecule has 0 bridgehead atoms. The highest BCUT2D eigenvalue weighted by atomic mass is 32.1. The van der Waals surface area contributed by atoms with Crippen molar-refractivity contribution in [1.82, 2.24) is 9.97 Å². The number of nitrogens with zero attached hydrogens (tertiary/aromatic N) is 3. The molecule has 0 fully saturated rings. The normalized spacial score (nSPS) is 10.1. The minimum atomic E-state index is 0.686. The molecular weight excluding hydrogens is 280 g/mol. The molecule has 0 radical (unpaired) electrons. The second-order valence-corrected chi connectivity index (χ2v) is 5.61. The molecule has 5 heteroatoms. The van der Waals surface area contributed by atoms with Crippen molar-refractivity contribution in [2.75, 3.05) is 5.32 Å². The Morgan fingerprint density at radius 2 is 2.05 bits per heavy atom. The summed E-state index contributed by atoms with van der Waals surface area (Å²) in [5, 5.41) is 12.1. The van der Waals surface area contributed by atoms with E-state index in [1.807, 2.05) is 49.4 Å². The van der Waals surface area contributed by atoms with E-state index in [-0.39, 0.29) is 0 Å². The second kappa shape index (κ2) is 5.73.